The second-order valence-corrected chi connectivity index (χ2v) is 10.6. The smallest absolute Gasteiger partial charge is 0.261 e. The highest BCUT2D eigenvalue weighted by Crippen LogP contribution is 2.48. The van der Waals surface area contributed by atoms with E-state index in [0.29, 0.717) is 34.2 Å². The fraction of sp³-hybridized carbons (Fsp3) is 0.400. The number of nitrogens with one attached hydrogen (secondary N) is 2. The topological polar surface area (TPSA) is 95.4 Å². The molecule has 2 fully saturated rings. The van der Waals surface area contributed by atoms with Crippen LogP contribution in [0.4, 0.5) is 5.69 Å². The van der Waals surface area contributed by atoms with Gasteiger partial charge in [-0.3, -0.25) is 19.5 Å². The molecule has 8 nitrogen and oxygen atoms in total. The van der Waals surface area contributed by atoms with Crippen LogP contribution in [0.2, 0.25) is 0 Å². The maximum atomic E-state index is 12.7. The lowest BCUT2D eigenvalue weighted by Crippen LogP contribution is -2.45. The first kappa shape index (κ1) is 18.5. The Bertz CT molecular complexity index is 1380. The van der Waals surface area contributed by atoms with E-state index in [-0.39, 0.29) is 17.0 Å². The van der Waals surface area contributed by atoms with Crippen molar-refractivity contribution in [1.82, 2.24) is 24.5 Å². The molecule has 0 atom stereocenters. The number of halogens is 1. The summed E-state index contributed by atoms with van der Waals surface area (Å²) in [4.78, 5) is 35.9. The van der Waals surface area contributed by atoms with Crippen molar-refractivity contribution < 1.29 is 4.79 Å². The Morgan fingerprint density at radius 2 is 2.17 bits per heavy atom. The minimum absolute atomic E-state index is 0.0416. The van der Waals surface area contributed by atoms with E-state index in [9.17, 15) is 9.59 Å². The van der Waals surface area contributed by atoms with Crippen molar-refractivity contribution in [2.75, 3.05) is 18.4 Å². The molecular weight excluding hydrogens is 468 g/mol. The van der Waals surface area contributed by atoms with Crippen molar-refractivity contribution in [2.45, 2.75) is 37.6 Å². The van der Waals surface area contributed by atoms with Gasteiger partial charge in [0.1, 0.15) is 21.3 Å². The van der Waals surface area contributed by atoms with E-state index < -0.39 is 0 Å². The molecule has 0 bridgehead atoms. The highest BCUT2D eigenvalue weighted by atomic mass is 79.9. The number of piperidine rings is 1. The maximum Gasteiger partial charge on any atom is 0.261 e. The van der Waals surface area contributed by atoms with E-state index >= 15 is 0 Å². The largest absolute Gasteiger partial charge is 0.324 e. The number of amides is 1. The first-order valence-electron chi connectivity index (χ1n) is 10.1. The molecule has 30 heavy (non-hydrogen) atoms. The Hall–Kier alpha value is -2.30. The molecule has 0 radical (unpaired) electrons. The Labute approximate surface area is 183 Å². The summed E-state index contributed by atoms with van der Waals surface area (Å²) in [6.07, 6.45) is 9.48. The van der Waals surface area contributed by atoms with Crippen molar-refractivity contribution in [2.24, 2.45) is 0 Å². The lowest BCUT2D eigenvalue weighted by molar-refractivity contribution is -0.118. The minimum Gasteiger partial charge on any atom is -0.324 e. The number of anilines is 1. The van der Waals surface area contributed by atoms with Crippen LogP contribution in [0, 0.1) is 0 Å². The fourth-order valence-corrected chi connectivity index (χ4v) is 6.14. The standard InChI is InChI=1S/C20H19BrN6O2S/c21-13-9-27-19(30-13)15-17(25-27)16-12(24-18(15)29)7-11(8-22-16)23-14(28)10-26-6-2-1-3-20(26)4-5-20/h7-9H,1-6,10H2,(H,23,28)(H,24,29). The molecule has 0 unspecified atom stereocenters. The van der Waals surface area contributed by atoms with E-state index in [2.05, 4.69) is 41.2 Å². The van der Waals surface area contributed by atoms with Gasteiger partial charge in [-0.25, -0.2) is 4.52 Å². The number of nitrogens with zero attached hydrogens (tertiary/aromatic N) is 4. The summed E-state index contributed by atoms with van der Waals surface area (Å²) in [5, 5.41) is 8.01. The van der Waals surface area contributed by atoms with E-state index in [1.54, 1.807) is 16.8 Å². The molecule has 1 aliphatic carbocycles. The van der Waals surface area contributed by atoms with Gasteiger partial charge in [-0.1, -0.05) is 6.42 Å². The van der Waals surface area contributed by atoms with Crippen molar-refractivity contribution in [1.29, 1.82) is 0 Å². The van der Waals surface area contributed by atoms with Crippen LogP contribution in [0.15, 0.2) is 27.0 Å². The van der Waals surface area contributed by atoms with Crippen LogP contribution >= 0.6 is 27.3 Å². The van der Waals surface area contributed by atoms with Crippen LogP contribution in [0.1, 0.15) is 32.1 Å². The summed E-state index contributed by atoms with van der Waals surface area (Å²) in [6, 6.07) is 1.76. The highest BCUT2D eigenvalue weighted by Gasteiger charge is 2.49. The summed E-state index contributed by atoms with van der Waals surface area (Å²) < 4.78 is 2.59. The fourth-order valence-electron chi connectivity index (χ4n) is 4.67. The zero-order valence-electron chi connectivity index (χ0n) is 16.1. The van der Waals surface area contributed by atoms with Crippen molar-refractivity contribution in [3.63, 3.8) is 0 Å². The molecule has 10 heteroatoms. The Balaban J connectivity index is 1.31. The Morgan fingerprint density at radius 1 is 1.30 bits per heavy atom. The Kier molecular flexibility index (Phi) is 4.06. The average Bonchev–Trinajstić information content (AvgIpc) is 3.25. The number of aromatic amines is 1. The number of fused-ring (bicyclic) bond motifs is 5. The molecule has 2 N–H and O–H groups in total. The number of rotatable bonds is 3. The summed E-state index contributed by atoms with van der Waals surface area (Å²) in [6.45, 7) is 1.39. The molecule has 4 aromatic rings. The van der Waals surface area contributed by atoms with Gasteiger partial charge in [0.25, 0.3) is 5.56 Å². The van der Waals surface area contributed by atoms with Crippen LogP contribution in [0.25, 0.3) is 26.8 Å². The Morgan fingerprint density at radius 3 is 3.00 bits per heavy atom. The second-order valence-electron chi connectivity index (χ2n) is 8.23. The number of likely N-dealkylation sites (tertiary alicyclic amines) is 1. The first-order valence-corrected chi connectivity index (χ1v) is 11.7. The number of pyridine rings is 2. The third-order valence-electron chi connectivity index (χ3n) is 6.31. The maximum absolute atomic E-state index is 12.7. The quantitative estimate of drug-likeness (QED) is 0.461. The minimum atomic E-state index is -0.212. The van der Waals surface area contributed by atoms with E-state index in [0.717, 1.165) is 21.6 Å². The number of H-pyrrole nitrogens is 1. The summed E-state index contributed by atoms with van der Waals surface area (Å²) in [5.74, 6) is -0.0416. The molecule has 4 aromatic heterocycles. The van der Waals surface area contributed by atoms with Gasteiger partial charge < -0.3 is 10.3 Å². The molecule has 0 aromatic carbocycles. The van der Waals surface area contributed by atoms with Crippen LogP contribution < -0.4 is 10.9 Å². The van der Waals surface area contributed by atoms with Gasteiger partial charge in [0.2, 0.25) is 5.91 Å². The normalized spacial score (nSPS) is 18.6. The van der Waals surface area contributed by atoms with Crippen molar-refractivity contribution in [3.8, 4) is 0 Å². The second kappa shape index (κ2) is 6.60. The van der Waals surface area contributed by atoms with Gasteiger partial charge in [-0.15, -0.1) is 11.3 Å². The molecule has 1 spiro atoms. The van der Waals surface area contributed by atoms with Gasteiger partial charge >= 0.3 is 0 Å². The van der Waals surface area contributed by atoms with Gasteiger partial charge in [-0.2, -0.15) is 5.10 Å². The molecule has 154 valence electrons. The average molecular weight is 487 g/mol. The summed E-state index contributed by atoms with van der Waals surface area (Å²) in [7, 11) is 0. The number of carbonyl (C=O) groups excluding carboxylic acids is 1. The van der Waals surface area contributed by atoms with Gasteiger partial charge in [0.15, 0.2) is 0 Å². The van der Waals surface area contributed by atoms with Crippen LogP contribution in [0.3, 0.4) is 0 Å². The molecule has 1 aliphatic heterocycles. The third kappa shape index (κ3) is 2.89. The molecular formula is C20H19BrN6O2S. The third-order valence-corrected chi connectivity index (χ3v) is 7.88. The van der Waals surface area contributed by atoms with E-state index in [4.69, 9.17) is 0 Å². The SMILES string of the molecule is O=C(CN1CCCCC12CC2)Nc1cnc2c(c1)[nH]c(=O)c1c2nn2cc(Br)sc12. The van der Waals surface area contributed by atoms with Gasteiger partial charge in [0, 0.05) is 5.54 Å². The monoisotopic (exact) mass is 486 g/mol. The lowest BCUT2D eigenvalue weighted by atomic mass is 10.00. The number of carbonyl (C=O) groups is 1. The van der Waals surface area contributed by atoms with Gasteiger partial charge in [-0.05, 0) is 54.2 Å². The molecule has 1 saturated heterocycles. The summed E-state index contributed by atoms with van der Waals surface area (Å²) >= 11 is 4.88. The van der Waals surface area contributed by atoms with Crippen LogP contribution in [-0.4, -0.2) is 49.0 Å². The molecule has 6 rings (SSSR count). The molecule has 1 saturated carbocycles. The zero-order chi connectivity index (χ0) is 20.5. The lowest BCUT2D eigenvalue weighted by Gasteiger charge is -2.35. The van der Waals surface area contributed by atoms with E-state index in [1.165, 1.54) is 37.0 Å². The number of hydrogen-bond acceptors (Lipinski definition) is 6. The number of hydrogen-bond donors (Lipinski definition) is 2. The predicted octanol–water partition coefficient (Wildman–Crippen LogP) is 3.51. The number of aromatic nitrogens is 4. The van der Waals surface area contributed by atoms with Crippen molar-refractivity contribution in [3.05, 3.63) is 32.6 Å². The zero-order valence-corrected chi connectivity index (χ0v) is 18.5. The van der Waals surface area contributed by atoms with Crippen LogP contribution in [-0.2, 0) is 4.79 Å². The molecule has 2 aliphatic rings. The molecule has 5 heterocycles. The first-order chi connectivity index (χ1) is 14.5. The summed E-state index contributed by atoms with van der Waals surface area (Å²) in [5.41, 5.74) is 2.38. The number of thiazole rings is 1. The highest BCUT2D eigenvalue weighted by molar-refractivity contribution is 9.11. The predicted molar refractivity (Wildman–Crippen MR) is 120 cm³/mol. The molecule has 1 amide bonds. The van der Waals surface area contributed by atoms with Gasteiger partial charge in [0.05, 0.1) is 33.9 Å². The van der Waals surface area contributed by atoms with Crippen LogP contribution in [0.5, 0.6) is 0 Å². The van der Waals surface area contributed by atoms with Crippen molar-refractivity contribution >= 4 is 65.6 Å². The van der Waals surface area contributed by atoms with E-state index in [1.807, 2.05) is 6.20 Å².